The summed E-state index contributed by atoms with van der Waals surface area (Å²) in [7, 11) is 3.81. The smallest absolute Gasteiger partial charge is 0.0866 e. The highest BCUT2D eigenvalue weighted by Gasteiger charge is 2.01. The Morgan fingerprint density at radius 3 is 3.00 bits per heavy atom. The molecule has 0 aliphatic carbocycles. The van der Waals surface area contributed by atoms with Crippen molar-refractivity contribution in [1.82, 2.24) is 14.7 Å². The van der Waals surface area contributed by atoms with Crippen molar-refractivity contribution in [2.24, 2.45) is 7.05 Å². The second-order valence-electron chi connectivity index (χ2n) is 2.78. The standard InChI is InChI=1S/C8H12N4/c1-11(6-4-9)7-8-3-5-10-12(8)2/h3,5H,6-7H2,1-2H3. The summed E-state index contributed by atoms with van der Waals surface area (Å²) < 4.78 is 1.81. The highest BCUT2D eigenvalue weighted by atomic mass is 15.3. The van der Waals surface area contributed by atoms with E-state index in [1.807, 2.05) is 29.7 Å². The first kappa shape index (κ1) is 8.75. The van der Waals surface area contributed by atoms with E-state index >= 15 is 0 Å². The molecule has 1 rings (SSSR count). The fourth-order valence-electron chi connectivity index (χ4n) is 1.01. The number of nitrogens with zero attached hydrogens (tertiary/aromatic N) is 4. The molecule has 4 nitrogen and oxygen atoms in total. The van der Waals surface area contributed by atoms with Gasteiger partial charge >= 0.3 is 0 Å². The average Bonchev–Trinajstić information content (AvgIpc) is 2.37. The summed E-state index contributed by atoms with van der Waals surface area (Å²) in [5, 5.41) is 12.5. The highest BCUT2D eigenvalue weighted by molar-refractivity contribution is 4.99. The molecule has 0 amide bonds. The first-order chi connectivity index (χ1) is 5.74. The number of aryl methyl sites for hydroxylation is 1. The monoisotopic (exact) mass is 164 g/mol. The van der Waals surface area contributed by atoms with Crippen molar-refractivity contribution in [3.05, 3.63) is 18.0 Å². The molecular formula is C8H12N4. The van der Waals surface area contributed by atoms with E-state index in [4.69, 9.17) is 5.26 Å². The lowest BCUT2D eigenvalue weighted by Crippen LogP contribution is -2.19. The van der Waals surface area contributed by atoms with E-state index in [1.54, 1.807) is 6.20 Å². The zero-order valence-corrected chi connectivity index (χ0v) is 7.36. The summed E-state index contributed by atoms with van der Waals surface area (Å²) in [4.78, 5) is 1.94. The van der Waals surface area contributed by atoms with Crippen molar-refractivity contribution < 1.29 is 0 Å². The Balaban J connectivity index is 2.53. The average molecular weight is 164 g/mol. The summed E-state index contributed by atoms with van der Waals surface area (Å²) in [6.07, 6.45) is 1.76. The molecule has 0 saturated heterocycles. The molecule has 0 bridgehead atoms. The minimum absolute atomic E-state index is 0.450. The van der Waals surface area contributed by atoms with Crippen LogP contribution in [0.3, 0.4) is 0 Å². The fourth-order valence-corrected chi connectivity index (χ4v) is 1.01. The van der Waals surface area contributed by atoms with Crippen molar-refractivity contribution in [2.75, 3.05) is 13.6 Å². The number of hydrogen-bond donors (Lipinski definition) is 0. The summed E-state index contributed by atoms with van der Waals surface area (Å²) in [6.45, 7) is 1.22. The van der Waals surface area contributed by atoms with Crippen molar-refractivity contribution in [3.63, 3.8) is 0 Å². The zero-order chi connectivity index (χ0) is 8.97. The van der Waals surface area contributed by atoms with Gasteiger partial charge in [0.2, 0.25) is 0 Å². The van der Waals surface area contributed by atoms with Crippen molar-refractivity contribution in [2.45, 2.75) is 6.54 Å². The van der Waals surface area contributed by atoms with Crippen LogP contribution in [-0.4, -0.2) is 28.3 Å². The topological polar surface area (TPSA) is 44.9 Å². The van der Waals surface area contributed by atoms with E-state index in [9.17, 15) is 0 Å². The van der Waals surface area contributed by atoms with Crippen LogP contribution in [0, 0.1) is 11.3 Å². The molecule has 1 aromatic rings. The normalized spacial score (nSPS) is 10.2. The molecule has 0 fully saturated rings. The van der Waals surface area contributed by atoms with E-state index in [1.165, 1.54) is 0 Å². The number of rotatable bonds is 3. The maximum absolute atomic E-state index is 8.42. The van der Waals surface area contributed by atoms with Gasteiger partial charge in [-0.15, -0.1) is 0 Å². The zero-order valence-electron chi connectivity index (χ0n) is 7.36. The Morgan fingerprint density at radius 2 is 2.50 bits per heavy atom. The lowest BCUT2D eigenvalue weighted by molar-refractivity contribution is 0.355. The van der Waals surface area contributed by atoms with Crippen LogP contribution in [0.5, 0.6) is 0 Å². The van der Waals surface area contributed by atoms with Gasteiger partial charge in [-0.05, 0) is 13.1 Å². The SMILES string of the molecule is CN(CC#N)Cc1ccnn1C. The summed E-state index contributed by atoms with van der Waals surface area (Å²) in [6, 6.07) is 4.05. The van der Waals surface area contributed by atoms with Crippen molar-refractivity contribution >= 4 is 0 Å². The van der Waals surface area contributed by atoms with Gasteiger partial charge in [0, 0.05) is 19.8 Å². The predicted molar refractivity (Wildman–Crippen MR) is 45.2 cm³/mol. The molecule has 12 heavy (non-hydrogen) atoms. The van der Waals surface area contributed by atoms with Gasteiger partial charge in [-0.3, -0.25) is 9.58 Å². The highest BCUT2D eigenvalue weighted by Crippen LogP contribution is 1.99. The summed E-state index contributed by atoms with van der Waals surface area (Å²) in [5.41, 5.74) is 1.12. The fraction of sp³-hybridized carbons (Fsp3) is 0.500. The van der Waals surface area contributed by atoms with Gasteiger partial charge in [-0.25, -0.2) is 0 Å². The number of hydrogen-bond acceptors (Lipinski definition) is 3. The van der Waals surface area contributed by atoms with Gasteiger partial charge in [0.1, 0.15) is 0 Å². The summed E-state index contributed by atoms with van der Waals surface area (Å²) in [5.74, 6) is 0. The molecule has 0 spiro atoms. The first-order valence-electron chi connectivity index (χ1n) is 3.76. The van der Waals surface area contributed by atoms with E-state index < -0.39 is 0 Å². The predicted octanol–water partition coefficient (Wildman–Crippen LogP) is 0.375. The van der Waals surface area contributed by atoms with Crippen LogP contribution in [-0.2, 0) is 13.6 Å². The molecule has 0 saturated carbocycles. The molecule has 0 aliphatic heterocycles. The van der Waals surface area contributed by atoms with Gasteiger partial charge in [0.05, 0.1) is 18.3 Å². The van der Waals surface area contributed by atoms with Gasteiger partial charge in [0.25, 0.3) is 0 Å². The van der Waals surface area contributed by atoms with Gasteiger partial charge < -0.3 is 0 Å². The Bertz CT molecular complexity index is 283. The quantitative estimate of drug-likeness (QED) is 0.606. The Labute approximate surface area is 72.0 Å². The molecule has 0 radical (unpaired) electrons. The third-order valence-corrected chi connectivity index (χ3v) is 1.69. The van der Waals surface area contributed by atoms with Crippen LogP contribution in [0.4, 0.5) is 0 Å². The Kier molecular flexibility index (Phi) is 2.83. The van der Waals surface area contributed by atoms with Crippen LogP contribution >= 0.6 is 0 Å². The van der Waals surface area contributed by atoms with Gasteiger partial charge in [-0.1, -0.05) is 0 Å². The molecule has 1 heterocycles. The third kappa shape index (κ3) is 2.07. The minimum Gasteiger partial charge on any atom is -0.288 e. The van der Waals surface area contributed by atoms with Crippen molar-refractivity contribution in [3.8, 4) is 6.07 Å². The van der Waals surface area contributed by atoms with Crippen LogP contribution < -0.4 is 0 Å². The molecule has 0 aromatic carbocycles. The lowest BCUT2D eigenvalue weighted by atomic mass is 10.4. The van der Waals surface area contributed by atoms with Crippen LogP contribution in [0.1, 0.15) is 5.69 Å². The Morgan fingerprint density at radius 1 is 1.75 bits per heavy atom. The molecule has 1 aromatic heterocycles. The number of aromatic nitrogens is 2. The van der Waals surface area contributed by atoms with E-state index in [0.29, 0.717) is 6.54 Å². The van der Waals surface area contributed by atoms with Crippen LogP contribution in [0.15, 0.2) is 12.3 Å². The molecule has 0 unspecified atom stereocenters. The first-order valence-corrected chi connectivity index (χ1v) is 3.76. The maximum Gasteiger partial charge on any atom is 0.0866 e. The maximum atomic E-state index is 8.42. The molecule has 0 N–H and O–H groups in total. The Hall–Kier alpha value is -1.34. The van der Waals surface area contributed by atoms with Gasteiger partial charge in [0.15, 0.2) is 0 Å². The molecular weight excluding hydrogens is 152 g/mol. The molecule has 0 aliphatic rings. The molecule has 4 heteroatoms. The molecule has 64 valence electrons. The largest absolute Gasteiger partial charge is 0.288 e. The second kappa shape index (κ2) is 3.88. The minimum atomic E-state index is 0.450. The number of nitriles is 1. The lowest BCUT2D eigenvalue weighted by Gasteiger charge is -2.11. The third-order valence-electron chi connectivity index (χ3n) is 1.69. The molecule has 0 atom stereocenters. The van der Waals surface area contributed by atoms with Crippen LogP contribution in [0.2, 0.25) is 0 Å². The van der Waals surface area contributed by atoms with Crippen LogP contribution in [0.25, 0.3) is 0 Å². The summed E-state index contributed by atoms with van der Waals surface area (Å²) >= 11 is 0. The second-order valence-corrected chi connectivity index (χ2v) is 2.78. The van der Waals surface area contributed by atoms with E-state index in [2.05, 4.69) is 11.2 Å². The van der Waals surface area contributed by atoms with Crippen molar-refractivity contribution in [1.29, 1.82) is 5.26 Å². The van der Waals surface area contributed by atoms with E-state index in [-0.39, 0.29) is 0 Å². The van der Waals surface area contributed by atoms with Gasteiger partial charge in [-0.2, -0.15) is 10.4 Å². The van der Waals surface area contributed by atoms with E-state index in [0.717, 1.165) is 12.2 Å².